The lowest BCUT2D eigenvalue weighted by Crippen LogP contribution is -2.36. The molecule has 7 heteroatoms. The van der Waals surface area contributed by atoms with Gasteiger partial charge in [0.2, 0.25) is 0 Å². The van der Waals surface area contributed by atoms with E-state index < -0.39 is 5.97 Å². The van der Waals surface area contributed by atoms with Gasteiger partial charge in [0.1, 0.15) is 0 Å². The Balaban J connectivity index is 1.45. The minimum absolute atomic E-state index is 0.0140. The second-order valence-corrected chi connectivity index (χ2v) is 8.74. The maximum Gasteiger partial charge on any atom is 0.354 e. The van der Waals surface area contributed by atoms with Gasteiger partial charge in [-0.25, -0.2) is 14.5 Å². The number of hydrogen-bond donors (Lipinski definition) is 1. The Morgan fingerprint density at radius 2 is 1.97 bits per heavy atom. The summed E-state index contributed by atoms with van der Waals surface area (Å²) in [7, 11) is 1.79. The highest BCUT2D eigenvalue weighted by Crippen LogP contribution is 2.42. The molecule has 1 saturated carbocycles. The zero-order valence-corrected chi connectivity index (χ0v) is 17.8. The van der Waals surface area contributed by atoms with Crippen molar-refractivity contribution in [2.45, 2.75) is 38.0 Å². The van der Waals surface area contributed by atoms with Crippen LogP contribution in [0.4, 0.5) is 5.69 Å². The van der Waals surface area contributed by atoms with Crippen LogP contribution in [0.15, 0.2) is 36.5 Å². The molecule has 0 spiro atoms. The van der Waals surface area contributed by atoms with Crippen molar-refractivity contribution in [3.8, 4) is 5.69 Å². The van der Waals surface area contributed by atoms with E-state index in [9.17, 15) is 9.90 Å². The first-order valence-corrected chi connectivity index (χ1v) is 11.1. The molecule has 3 aromatic rings. The molecular formula is C24H28N4O3. The van der Waals surface area contributed by atoms with Gasteiger partial charge in [-0.05, 0) is 73.4 Å². The van der Waals surface area contributed by atoms with E-state index in [2.05, 4.69) is 33.2 Å². The van der Waals surface area contributed by atoms with Gasteiger partial charge in [0.25, 0.3) is 0 Å². The summed E-state index contributed by atoms with van der Waals surface area (Å²) >= 11 is 0. The van der Waals surface area contributed by atoms with Gasteiger partial charge >= 0.3 is 5.97 Å². The van der Waals surface area contributed by atoms with Crippen LogP contribution in [-0.2, 0) is 4.74 Å². The van der Waals surface area contributed by atoms with Crippen LogP contribution < -0.4 is 4.90 Å². The van der Waals surface area contributed by atoms with Gasteiger partial charge in [0.15, 0.2) is 11.3 Å². The summed E-state index contributed by atoms with van der Waals surface area (Å²) in [5.74, 6) is 0.225. The molecule has 0 unspecified atom stereocenters. The van der Waals surface area contributed by atoms with Crippen LogP contribution in [0.1, 0.15) is 54.1 Å². The molecule has 1 N–H and O–H groups in total. The van der Waals surface area contributed by atoms with Gasteiger partial charge in [-0.2, -0.15) is 0 Å². The second kappa shape index (κ2) is 8.30. The number of fused-ring (bicyclic) bond motifs is 1. The van der Waals surface area contributed by atoms with Gasteiger partial charge in [0, 0.05) is 44.1 Å². The first-order chi connectivity index (χ1) is 15.1. The number of pyridine rings is 1. The molecule has 3 heterocycles. The lowest BCUT2D eigenvalue weighted by atomic mass is 9.78. The van der Waals surface area contributed by atoms with Crippen LogP contribution in [-0.4, -0.2) is 52.6 Å². The normalized spacial score (nSPS) is 17.8. The van der Waals surface area contributed by atoms with E-state index in [1.54, 1.807) is 13.2 Å². The van der Waals surface area contributed by atoms with Crippen molar-refractivity contribution >= 4 is 22.7 Å². The SMILES string of the molecule is COCC1CCN(c2ccc(-n3cc4ccc(C(=O)O)nc4n3)cc2C2CCC2)CC1. The summed E-state index contributed by atoms with van der Waals surface area (Å²) in [5.41, 5.74) is 4.23. The first-order valence-electron chi connectivity index (χ1n) is 11.1. The van der Waals surface area contributed by atoms with Crippen molar-refractivity contribution in [1.29, 1.82) is 0 Å². The Kier molecular flexibility index (Phi) is 5.36. The van der Waals surface area contributed by atoms with Crippen LogP contribution >= 0.6 is 0 Å². The molecule has 0 atom stereocenters. The minimum Gasteiger partial charge on any atom is -0.477 e. The van der Waals surface area contributed by atoms with Gasteiger partial charge < -0.3 is 14.7 Å². The molecule has 7 nitrogen and oxygen atoms in total. The van der Waals surface area contributed by atoms with E-state index in [0.29, 0.717) is 17.5 Å². The Bertz CT molecular complexity index is 1100. The van der Waals surface area contributed by atoms with E-state index >= 15 is 0 Å². The number of piperidine rings is 1. The Hall–Kier alpha value is -2.93. The third-order valence-electron chi connectivity index (χ3n) is 6.77. The Morgan fingerprint density at radius 1 is 1.16 bits per heavy atom. The third kappa shape index (κ3) is 3.90. The van der Waals surface area contributed by atoms with Crippen molar-refractivity contribution in [2.24, 2.45) is 5.92 Å². The maximum atomic E-state index is 11.2. The minimum atomic E-state index is -1.04. The molecule has 0 bridgehead atoms. The quantitative estimate of drug-likeness (QED) is 0.642. The number of anilines is 1. The highest BCUT2D eigenvalue weighted by molar-refractivity contribution is 5.88. The summed E-state index contributed by atoms with van der Waals surface area (Å²) in [5, 5.41) is 14.6. The van der Waals surface area contributed by atoms with Crippen molar-refractivity contribution in [2.75, 3.05) is 31.7 Å². The predicted octanol–water partition coefficient (Wildman–Crippen LogP) is 4.25. The third-order valence-corrected chi connectivity index (χ3v) is 6.77. The first kappa shape index (κ1) is 20.0. The number of carbonyl (C=O) groups is 1. The number of rotatable bonds is 6. The fourth-order valence-corrected chi connectivity index (χ4v) is 4.75. The number of methoxy groups -OCH3 is 1. The maximum absolute atomic E-state index is 11.2. The molecule has 0 radical (unpaired) electrons. The lowest BCUT2D eigenvalue weighted by Gasteiger charge is -2.37. The molecule has 5 rings (SSSR count). The second-order valence-electron chi connectivity index (χ2n) is 8.74. The van der Waals surface area contributed by atoms with Crippen LogP contribution in [0, 0.1) is 5.92 Å². The number of carboxylic acid groups (broad SMARTS) is 1. The topological polar surface area (TPSA) is 80.5 Å². The number of aromatic nitrogens is 3. The summed E-state index contributed by atoms with van der Waals surface area (Å²) in [6.45, 7) is 2.99. The smallest absolute Gasteiger partial charge is 0.354 e. The average Bonchev–Trinajstić information content (AvgIpc) is 3.17. The van der Waals surface area contributed by atoms with Crippen molar-refractivity contribution in [3.63, 3.8) is 0 Å². The molecule has 31 heavy (non-hydrogen) atoms. The average molecular weight is 421 g/mol. The van der Waals surface area contributed by atoms with Gasteiger partial charge in [0.05, 0.1) is 5.69 Å². The zero-order chi connectivity index (χ0) is 21.4. The summed E-state index contributed by atoms with van der Waals surface area (Å²) in [6.07, 6.45) is 8.02. The van der Waals surface area contributed by atoms with E-state index in [4.69, 9.17) is 4.74 Å². The fraction of sp³-hybridized carbons (Fsp3) is 0.458. The zero-order valence-electron chi connectivity index (χ0n) is 17.8. The summed E-state index contributed by atoms with van der Waals surface area (Å²) in [6, 6.07) is 9.91. The number of hydrogen-bond acceptors (Lipinski definition) is 5. The molecule has 2 aromatic heterocycles. The van der Waals surface area contributed by atoms with E-state index in [-0.39, 0.29) is 5.69 Å². The molecule has 1 saturated heterocycles. The van der Waals surface area contributed by atoms with Crippen LogP contribution in [0.3, 0.4) is 0 Å². The fourth-order valence-electron chi connectivity index (χ4n) is 4.75. The lowest BCUT2D eigenvalue weighted by molar-refractivity contribution is 0.0691. The number of carboxylic acids is 1. The van der Waals surface area contributed by atoms with Crippen LogP contribution in [0.5, 0.6) is 0 Å². The van der Waals surface area contributed by atoms with Crippen molar-refractivity contribution in [1.82, 2.24) is 14.8 Å². The molecular weight excluding hydrogens is 392 g/mol. The highest BCUT2D eigenvalue weighted by atomic mass is 16.5. The predicted molar refractivity (Wildman–Crippen MR) is 119 cm³/mol. The molecule has 2 aliphatic rings. The molecule has 1 aliphatic carbocycles. The van der Waals surface area contributed by atoms with Crippen molar-refractivity contribution in [3.05, 3.63) is 47.8 Å². The Morgan fingerprint density at radius 3 is 2.65 bits per heavy atom. The van der Waals surface area contributed by atoms with E-state index in [1.807, 2.05) is 10.9 Å². The molecule has 1 aliphatic heterocycles. The Labute approximate surface area is 181 Å². The van der Waals surface area contributed by atoms with Gasteiger partial charge in [-0.1, -0.05) is 6.42 Å². The van der Waals surface area contributed by atoms with E-state index in [0.717, 1.165) is 30.8 Å². The van der Waals surface area contributed by atoms with Crippen LogP contribution in [0.25, 0.3) is 16.7 Å². The van der Waals surface area contributed by atoms with Crippen molar-refractivity contribution < 1.29 is 14.6 Å². The summed E-state index contributed by atoms with van der Waals surface area (Å²) < 4.78 is 7.17. The largest absolute Gasteiger partial charge is 0.477 e. The summed E-state index contributed by atoms with van der Waals surface area (Å²) in [4.78, 5) is 17.9. The molecule has 162 valence electrons. The number of benzene rings is 1. The monoisotopic (exact) mass is 420 g/mol. The van der Waals surface area contributed by atoms with E-state index in [1.165, 1.54) is 49.4 Å². The number of nitrogens with zero attached hydrogens (tertiary/aromatic N) is 4. The highest BCUT2D eigenvalue weighted by Gasteiger charge is 2.27. The number of aromatic carboxylic acids is 1. The molecule has 2 fully saturated rings. The van der Waals surface area contributed by atoms with Gasteiger partial charge in [-0.3, -0.25) is 0 Å². The van der Waals surface area contributed by atoms with Crippen LogP contribution in [0.2, 0.25) is 0 Å². The molecule has 1 aromatic carbocycles. The van der Waals surface area contributed by atoms with Gasteiger partial charge in [-0.15, -0.1) is 5.10 Å². The number of ether oxygens (including phenoxy) is 1. The standard InChI is InChI=1S/C24H28N4O3/c1-31-15-16-9-11-27(12-10-16)22-8-6-19(13-20(22)17-3-2-4-17)28-14-18-5-7-21(24(29)30)25-23(18)26-28/h5-8,13-14,16-17H,2-4,9-12,15H2,1H3,(H,29,30). The molecule has 0 amide bonds.